The maximum Gasteiger partial charge on any atom is 0.127 e. The molecule has 102 valence electrons. The fraction of sp³-hybridized carbons (Fsp3) is 0.600. The van der Waals surface area contributed by atoms with Gasteiger partial charge in [-0.1, -0.05) is 25.1 Å². The molecule has 0 aliphatic heterocycles. The van der Waals surface area contributed by atoms with Gasteiger partial charge >= 0.3 is 0 Å². The van der Waals surface area contributed by atoms with Gasteiger partial charge in [0.2, 0.25) is 0 Å². The van der Waals surface area contributed by atoms with E-state index in [1.165, 1.54) is 6.07 Å². The summed E-state index contributed by atoms with van der Waals surface area (Å²) in [5.74, 6) is -0.155. The van der Waals surface area contributed by atoms with Crippen LogP contribution in [0.1, 0.15) is 45.2 Å². The molecule has 0 aromatic heterocycles. The number of nitrogens with one attached hydrogen (secondary N) is 1. The summed E-state index contributed by atoms with van der Waals surface area (Å²) in [4.78, 5) is 0. The minimum Gasteiger partial charge on any atom is -0.379 e. The van der Waals surface area contributed by atoms with Crippen molar-refractivity contribution in [1.82, 2.24) is 5.32 Å². The van der Waals surface area contributed by atoms with Crippen molar-refractivity contribution < 1.29 is 9.13 Å². The molecule has 0 spiro atoms. The van der Waals surface area contributed by atoms with E-state index in [0.29, 0.717) is 0 Å². The Bertz CT molecular complexity index is 365. The van der Waals surface area contributed by atoms with Crippen molar-refractivity contribution >= 4 is 0 Å². The highest BCUT2D eigenvalue weighted by Crippen LogP contribution is 2.27. The summed E-state index contributed by atoms with van der Waals surface area (Å²) in [6.07, 6.45) is 1.77. The lowest BCUT2D eigenvalue weighted by atomic mass is 9.93. The molecule has 0 aliphatic rings. The highest BCUT2D eigenvalue weighted by atomic mass is 19.1. The minimum atomic E-state index is -0.270. The van der Waals surface area contributed by atoms with E-state index in [9.17, 15) is 4.39 Å². The van der Waals surface area contributed by atoms with Crippen LogP contribution in [-0.4, -0.2) is 19.3 Å². The number of methoxy groups -OCH3 is 1. The fourth-order valence-corrected chi connectivity index (χ4v) is 1.94. The Morgan fingerprint density at radius 1 is 1.33 bits per heavy atom. The van der Waals surface area contributed by atoms with E-state index >= 15 is 0 Å². The zero-order valence-corrected chi connectivity index (χ0v) is 11.8. The van der Waals surface area contributed by atoms with Gasteiger partial charge < -0.3 is 10.1 Å². The van der Waals surface area contributed by atoms with Crippen LogP contribution < -0.4 is 5.32 Å². The molecule has 0 heterocycles. The number of ether oxygens (including phenoxy) is 1. The van der Waals surface area contributed by atoms with E-state index in [1.807, 2.05) is 26.0 Å². The average Bonchev–Trinajstić information content (AvgIpc) is 2.35. The highest BCUT2D eigenvalue weighted by Gasteiger charge is 2.25. The van der Waals surface area contributed by atoms with Crippen LogP contribution in [0.4, 0.5) is 4.39 Å². The molecular formula is C15H24FNO. The maximum absolute atomic E-state index is 13.9. The zero-order chi connectivity index (χ0) is 13.6. The molecule has 0 saturated carbocycles. The fourth-order valence-electron chi connectivity index (χ4n) is 1.94. The van der Waals surface area contributed by atoms with Gasteiger partial charge in [-0.3, -0.25) is 0 Å². The Hall–Kier alpha value is -0.930. The van der Waals surface area contributed by atoms with Crippen LogP contribution in [0.2, 0.25) is 0 Å². The van der Waals surface area contributed by atoms with Crippen molar-refractivity contribution in [3.63, 3.8) is 0 Å². The second-order valence-electron chi connectivity index (χ2n) is 5.20. The van der Waals surface area contributed by atoms with Gasteiger partial charge in [-0.15, -0.1) is 0 Å². The summed E-state index contributed by atoms with van der Waals surface area (Å²) in [5, 5.41) is 3.40. The molecule has 0 amide bonds. The van der Waals surface area contributed by atoms with Gasteiger partial charge in [0.1, 0.15) is 5.82 Å². The zero-order valence-electron chi connectivity index (χ0n) is 11.8. The predicted molar refractivity (Wildman–Crippen MR) is 73.1 cm³/mol. The van der Waals surface area contributed by atoms with Crippen LogP contribution in [-0.2, 0) is 4.74 Å². The molecule has 18 heavy (non-hydrogen) atoms. The summed E-state index contributed by atoms with van der Waals surface area (Å²) >= 11 is 0. The minimum absolute atomic E-state index is 0.0129. The second kappa shape index (κ2) is 6.86. The van der Waals surface area contributed by atoms with Gasteiger partial charge in [0.25, 0.3) is 0 Å². The lowest BCUT2D eigenvalue weighted by Gasteiger charge is -2.29. The lowest BCUT2D eigenvalue weighted by Crippen LogP contribution is -2.32. The van der Waals surface area contributed by atoms with E-state index in [4.69, 9.17) is 4.74 Å². The van der Waals surface area contributed by atoms with Crippen molar-refractivity contribution in [3.8, 4) is 0 Å². The average molecular weight is 253 g/mol. The van der Waals surface area contributed by atoms with Crippen LogP contribution in [0.15, 0.2) is 24.3 Å². The standard InChI is InChI=1S/C15H24FNO/c1-5-10-17-14(11-15(2,3)18-4)12-8-6-7-9-13(12)16/h6-9,14,17H,5,10-11H2,1-4H3. The summed E-state index contributed by atoms with van der Waals surface area (Å²) in [7, 11) is 1.69. The van der Waals surface area contributed by atoms with Gasteiger partial charge in [0, 0.05) is 18.7 Å². The third-order valence-electron chi connectivity index (χ3n) is 3.17. The number of hydrogen-bond donors (Lipinski definition) is 1. The van der Waals surface area contributed by atoms with E-state index in [1.54, 1.807) is 13.2 Å². The van der Waals surface area contributed by atoms with Crippen LogP contribution in [0, 0.1) is 5.82 Å². The highest BCUT2D eigenvalue weighted by molar-refractivity contribution is 5.21. The topological polar surface area (TPSA) is 21.3 Å². The van der Waals surface area contributed by atoms with Crippen molar-refractivity contribution in [2.75, 3.05) is 13.7 Å². The Morgan fingerprint density at radius 2 is 2.00 bits per heavy atom. The van der Waals surface area contributed by atoms with Gasteiger partial charge in [0.15, 0.2) is 0 Å². The molecular weight excluding hydrogens is 229 g/mol. The van der Waals surface area contributed by atoms with Crippen LogP contribution >= 0.6 is 0 Å². The van der Waals surface area contributed by atoms with Crippen LogP contribution in [0.5, 0.6) is 0 Å². The molecule has 0 aliphatic carbocycles. The van der Waals surface area contributed by atoms with E-state index in [-0.39, 0.29) is 17.5 Å². The SMILES string of the molecule is CCCNC(CC(C)(C)OC)c1ccccc1F. The first-order valence-corrected chi connectivity index (χ1v) is 6.53. The molecule has 1 N–H and O–H groups in total. The Balaban J connectivity index is 2.88. The van der Waals surface area contributed by atoms with Crippen LogP contribution in [0.25, 0.3) is 0 Å². The number of hydrogen-bond acceptors (Lipinski definition) is 2. The first kappa shape index (κ1) is 15.1. The normalized spacial score (nSPS) is 13.6. The van der Waals surface area contributed by atoms with Gasteiger partial charge in [-0.25, -0.2) is 4.39 Å². The molecule has 0 fully saturated rings. The Kier molecular flexibility index (Phi) is 5.76. The van der Waals surface area contributed by atoms with Crippen LogP contribution in [0.3, 0.4) is 0 Å². The number of halogens is 1. The van der Waals surface area contributed by atoms with E-state index < -0.39 is 0 Å². The Morgan fingerprint density at radius 3 is 2.56 bits per heavy atom. The van der Waals surface area contributed by atoms with Crippen molar-refractivity contribution in [2.45, 2.75) is 45.3 Å². The van der Waals surface area contributed by atoms with Gasteiger partial charge in [-0.05, 0) is 39.3 Å². The predicted octanol–water partition coefficient (Wildman–Crippen LogP) is 3.68. The monoisotopic (exact) mass is 253 g/mol. The maximum atomic E-state index is 13.9. The summed E-state index contributed by atoms with van der Waals surface area (Å²) in [5.41, 5.74) is 0.448. The van der Waals surface area contributed by atoms with Crippen molar-refractivity contribution in [2.24, 2.45) is 0 Å². The first-order chi connectivity index (χ1) is 8.50. The van der Waals surface area contributed by atoms with Gasteiger partial charge in [0.05, 0.1) is 5.60 Å². The Labute approximate surface area is 110 Å². The molecule has 1 atom stereocenters. The molecule has 1 rings (SSSR count). The molecule has 3 heteroatoms. The summed E-state index contributed by atoms with van der Waals surface area (Å²) in [6, 6.07) is 6.93. The van der Waals surface area contributed by atoms with E-state index in [0.717, 1.165) is 24.9 Å². The number of benzene rings is 1. The lowest BCUT2D eigenvalue weighted by molar-refractivity contribution is 0.00659. The number of rotatable bonds is 7. The molecule has 0 saturated heterocycles. The second-order valence-corrected chi connectivity index (χ2v) is 5.20. The smallest absolute Gasteiger partial charge is 0.127 e. The van der Waals surface area contributed by atoms with E-state index in [2.05, 4.69) is 12.2 Å². The molecule has 1 aromatic rings. The molecule has 1 unspecified atom stereocenters. The third-order valence-corrected chi connectivity index (χ3v) is 3.17. The molecule has 0 radical (unpaired) electrons. The summed E-state index contributed by atoms with van der Waals surface area (Å²) in [6.45, 7) is 7.02. The first-order valence-electron chi connectivity index (χ1n) is 6.53. The summed E-state index contributed by atoms with van der Waals surface area (Å²) < 4.78 is 19.3. The molecule has 1 aromatic carbocycles. The van der Waals surface area contributed by atoms with Gasteiger partial charge in [-0.2, -0.15) is 0 Å². The van der Waals surface area contributed by atoms with Crippen molar-refractivity contribution in [3.05, 3.63) is 35.6 Å². The third kappa shape index (κ3) is 4.39. The van der Waals surface area contributed by atoms with Crippen molar-refractivity contribution in [1.29, 1.82) is 0 Å². The quantitative estimate of drug-likeness (QED) is 0.800. The largest absolute Gasteiger partial charge is 0.379 e. The molecule has 0 bridgehead atoms. The molecule has 2 nitrogen and oxygen atoms in total.